The van der Waals surface area contributed by atoms with Crippen LogP contribution in [0.3, 0.4) is 0 Å². The molecule has 9 nitrogen and oxygen atoms in total. The highest BCUT2D eigenvalue weighted by Crippen LogP contribution is 2.05. The van der Waals surface area contributed by atoms with Crippen molar-refractivity contribution in [2.45, 2.75) is 5.75 Å². The van der Waals surface area contributed by atoms with Crippen molar-refractivity contribution in [2.24, 2.45) is 0 Å². The normalized spacial score (nSPS) is 11.2. The topological polar surface area (TPSA) is 149 Å². The molecule has 0 fully saturated rings. The van der Waals surface area contributed by atoms with Crippen LogP contribution in [0.1, 0.15) is 5.56 Å². The van der Waals surface area contributed by atoms with Crippen LogP contribution in [0.15, 0.2) is 30.3 Å². The largest absolute Gasteiger partial charge is 0.368 e. The van der Waals surface area contributed by atoms with Crippen molar-refractivity contribution in [3.63, 3.8) is 0 Å². The maximum Gasteiger partial charge on any atom is 0.244 e. The molecule has 0 radical (unpaired) electrons. The molecule has 10 heteroatoms. The van der Waals surface area contributed by atoms with Crippen LogP contribution in [0.5, 0.6) is 0 Å². The molecule has 1 aromatic heterocycles. The van der Waals surface area contributed by atoms with Crippen LogP contribution in [0.25, 0.3) is 0 Å². The number of nitrogens with one attached hydrogen (secondary N) is 2. The zero-order valence-corrected chi connectivity index (χ0v) is 11.1. The highest BCUT2D eigenvalue weighted by atomic mass is 32.2. The van der Waals surface area contributed by atoms with E-state index in [0.717, 1.165) is 0 Å². The zero-order chi connectivity index (χ0) is 14.6. The van der Waals surface area contributed by atoms with Crippen LogP contribution in [0, 0.1) is 0 Å². The lowest BCUT2D eigenvalue weighted by molar-refractivity contribution is 0.586. The number of aromatic nitrogens is 3. The van der Waals surface area contributed by atoms with Gasteiger partial charge in [-0.2, -0.15) is 15.0 Å². The average molecular weight is 295 g/mol. The minimum absolute atomic E-state index is 0.0772. The van der Waals surface area contributed by atoms with E-state index in [0.29, 0.717) is 5.56 Å². The molecule has 6 N–H and O–H groups in total. The molecule has 0 saturated heterocycles. The molecule has 2 aromatic rings. The SMILES string of the molecule is Nc1nc(N)nc(NNS(=O)(=O)Cc2ccccc2)n1. The van der Waals surface area contributed by atoms with Crippen molar-refractivity contribution in [3.8, 4) is 0 Å². The summed E-state index contributed by atoms with van der Waals surface area (Å²) < 4.78 is 23.7. The summed E-state index contributed by atoms with van der Waals surface area (Å²) in [7, 11) is -3.60. The first-order chi connectivity index (χ1) is 9.44. The second-order valence-electron chi connectivity index (χ2n) is 3.85. The molecule has 0 atom stereocenters. The maximum atomic E-state index is 11.8. The van der Waals surface area contributed by atoms with Gasteiger partial charge in [-0.3, -0.25) is 5.43 Å². The Bertz CT molecular complexity index is 670. The van der Waals surface area contributed by atoms with Crippen molar-refractivity contribution < 1.29 is 8.42 Å². The molecule has 0 aliphatic carbocycles. The number of sulfonamides is 1. The monoisotopic (exact) mass is 295 g/mol. The van der Waals surface area contributed by atoms with Gasteiger partial charge in [0.2, 0.25) is 27.9 Å². The quantitative estimate of drug-likeness (QED) is 0.538. The van der Waals surface area contributed by atoms with Crippen molar-refractivity contribution in [3.05, 3.63) is 35.9 Å². The Balaban J connectivity index is 2.02. The molecule has 0 aliphatic rings. The third-order valence-corrected chi connectivity index (χ3v) is 3.31. The van der Waals surface area contributed by atoms with Gasteiger partial charge in [0, 0.05) is 0 Å². The maximum absolute atomic E-state index is 11.8. The molecule has 0 amide bonds. The Morgan fingerprint density at radius 3 is 2.20 bits per heavy atom. The van der Waals surface area contributed by atoms with E-state index in [1.54, 1.807) is 30.3 Å². The Labute approximate surface area is 115 Å². The summed E-state index contributed by atoms with van der Waals surface area (Å²) in [6, 6.07) is 8.73. The van der Waals surface area contributed by atoms with E-state index in [4.69, 9.17) is 11.5 Å². The third-order valence-electron chi connectivity index (χ3n) is 2.19. The predicted octanol–water partition coefficient (Wildman–Crippen LogP) is -0.517. The number of hydrogen-bond donors (Lipinski definition) is 4. The molecular weight excluding hydrogens is 282 g/mol. The Morgan fingerprint density at radius 2 is 1.60 bits per heavy atom. The van der Waals surface area contributed by atoms with Crippen LogP contribution in [-0.2, 0) is 15.8 Å². The minimum atomic E-state index is -3.60. The number of nitrogens with zero attached hydrogens (tertiary/aromatic N) is 3. The molecule has 2 rings (SSSR count). The highest BCUT2D eigenvalue weighted by Gasteiger charge is 2.12. The van der Waals surface area contributed by atoms with Gasteiger partial charge in [-0.1, -0.05) is 30.3 Å². The van der Waals surface area contributed by atoms with E-state index in [1.165, 1.54) is 0 Å². The molecule has 20 heavy (non-hydrogen) atoms. The molecular formula is C10H13N7O2S. The van der Waals surface area contributed by atoms with Gasteiger partial charge in [0.25, 0.3) is 0 Å². The summed E-state index contributed by atoms with van der Waals surface area (Å²) in [6.07, 6.45) is 0. The highest BCUT2D eigenvalue weighted by molar-refractivity contribution is 7.88. The first kappa shape index (κ1) is 14.0. The summed E-state index contributed by atoms with van der Waals surface area (Å²) >= 11 is 0. The van der Waals surface area contributed by atoms with Gasteiger partial charge in [-0.05, 0) is 5.56 Å². The number of benzene rings is 1. The predicted molar refractivity (Wildman–Crippen MR) is 74.5 cm³/mol. The van der Waals surface area contributed by atoms with Gasteiger partial charge in [0.15, 0.2) is 0 Å². The van der Waals surface area contributed by atoms with Gasteiger partial charge in [0.1, 0.15) is 0 Å². The van der Waals surface area contributed by atoms with Crippen molar-refractivity contribution >= 4 is 27.9 Å². The Hall–Kier alpha value is -2.46. The van der Waals surface area contributed by atoms with Gasteiger partial charge in [0.05, 0.1) is 5.75 Å². The van der Waals surface area contributed by atoms with E-state index in [9.17, 15) is 8.42 Å². The van der Waals surface area contributed by atoms with Crippen LogP contribution in [0.4, 0.5) is 17.8 Å². The fourth-order valence-corrected chi connectivity index (χ4v) is 2.37. The van der Waals surface area contributed by atoms with Gasteiger partial charge >= 0.3 is 0 Å². The first-order valence-corrected chi connectivity index (χ1v) is 7.16. The third kappa shape index (κ3) is 4.03. The number of hydrazine groups is 1. The number of anilines is 3. The fraction of sp³-hybridized carbons (Fsp3) is 0.100. The Morgan fingerprint density at radius 1 is 1.00 bits per heavy atom. The fourth-order valence-electron chi connectivity index (χ4n) is 1.42. The number of hydrogen-bond acceptors (Lipinski definition) is 8. The number of nitrogen functional groups attached to an aromatic ring is 2. The van der Waals surface area contributed by atoms with Crippen molar-refractivity contribution in [1.82, 2.24) is 19.8 Å². The Kier molecular flexibility index (Phi) is 3.96. The minimum Gasteiger partial charge on any atom is -0.368 e. The van der Waals surface area contributed by atoms with E-state index in [2.05, 4.69) is 25.2 Å². The molecule has 0 unspecified atom stereocenters. The van der Waals surface area contributed by atoms with Crippen molar-refractivity contribution in [1.29, 1.82) is 0 Å². The standard InChI is InChI=1S/C10H13N7O2S/c11-8-13-9(12)15-10(14-8)16-17-20(18,19)6-7-4-2-1-3-5-7/h1-5,17H,6H2,(H5,11,12,13,14,15,16). The van der Waals surface area contributed by atoms with Crippen LogP contribution < -0.4 is 21.7 Å². The van der Waals surface area contributed by atoms with E-state index >= 15 is 0 Å². The van der Waals surface area contributed by atoms with Gasteiger partial charge in [-0.15, -0.1) is 4.83 Å². The summed E-state index contributed by atoms with van der Waals surface area (Å²) in [6.45, 7) is 0. The molecule has 0 aliphatic heterocycles. The van der Waals surface area contributed by atoms with Crippen LogP contribution in [0.2, 0.25) is 0 Å². The summed E-state index contributed by atoms with van der Waals surface area (Å²) in [5.41, 5.74) is 13.7. The zero-order valence-electron chi connectivity index (χ0n) is 10.3. The lowest BCUT2D eigenvalue weighted by atomic mass is 10.2. The van der Waals surface area contributed by atoms with Crippen LogP contribution in [-0.4, -0.2) is 23.4 Å². The molecule has 0 spiro atoms. The second kappa shape index (κ2) is 5.67. The first-order valence-electron chi connectivity index (χ1n) is 5.51. The second-order valence-corrected chi connectivity index (χ2v) is 5.57. The average Bonchev–Trinajstić information content (AvgIpc) is 2.36. The van der Waals surface area contributed by atoms with Crippen LogP contribution >= 0.6 is 0 Å². The number of rotatable bonds is 5. The van der Waals surface area contributed by atoms with Gasteiger partial charge < -0.3 is 11.5 Å². The summed E-state index contributed by atoms with van der Waals surface area (Å²) in [5, 5.41) is 0. The van der Waals surface area contributed by atoms with Gasteiger partial charge in [-0.25, -0.2) is 8.42 Å². The lowest BCUT2D eigenvalue weighted by Gasteiger charge is -2.08. The molecule has 1 aromatic carbocycles. The van der Waals surface area contributed by atoms with Crippen molar-refractivity contribution in [2.75, 3.05) is 16.9 Å². The summed E-state index contributed by atoms with van der Waals surface area (Å²) in [5.74, 6) is -0.479. The molecule has 1 heterocycles. The lowest BCUT2D eigenvalue weighted by Crippen LogP contribution is -2.31. The number of nitrogens with two attached hydrogens (primary N) is 2. The molecule has 0 saturated carbocycles. The molecule has 106 valence electrons. The molecule has 0 bridgehead atoms. The van der Waals surface area contributed by atoms with E-state index in [-0.39, 0.29) is 23.6 Å². The van der Waals surface area contributed by atoms with E-state index in [1.807, 2.05) is 0 Å². The van der Waals surface area contributed by atoms with E-state index < -0.39 is 10.0 Å². The summed E-state index contributed by atoms with van der Waals surface area (Å²) in [4.78, 5) is 13.1. The smallest absolute Gasteiger partial charge is 0.244 e.